The topological polar surface area (TPSA) is 59.1 Å². The molecule has 0 aliphatic heterocycles. The van der Waals surface area contributed by atoms with Gasteiger partial charge in [0.2, 0.25) is 0 Å². The molecule has 1 rings (SSSR count). The molecule has 3 N–H and O–H groups in total. The lowest BCUT2D eigenvalue weighted by Crippen LogP contribution is -2.06. The lowest BCUT2D eigenvalue weighted by atomic mass is 10.1. The molecular weight excluding hydrogens is 214 g/mol. The van der Waals surface area contributed by atoms with Crippen LogP contribution in [0.15, 0.2) is 6.20 Å². The molecule has 0 amide bonds. The Hall–Kier alpha value is -0.940. The third kappa shape index (κ3) is 1.93. The lowest BCUT2D eigenvalue weighted by molar-refractivity contribution is 0.146. The summed E-state index contributed by atoms with van der Waals surface area (Å²) in [4.78, 5) is 3.49. The number of hydrogen-bond donors (Lipinski definition) is 2. The molecule has 1 aromatic rings. The van der Waals surface area contributed by atoms with Crippen LogP contribution in [0.4, 0.5) is 14.5 Å². The number of halogens is 3. The van der Waals surface area contributed by atoms with E-state index in [2.05, 4.69) is 4.98 Å². The van der Waals surface area contributed by atoms with E-state index in [9.17, 15) is 8.78 Å². The van der Waals surface area contributed by atoms with E-state index in [0.717, 1.165) is 0 Å². The van der Waals surface area contributed by atoms with E-state index in [-0.39, 0.29) is 17.1 Å². The normalized spacial score (nSPS) is 10.9. The molecule has 0 spiro atoms. The van der Waals surface area contributed by atoms with Gasteiger partial charge < -0.3 is 10.8 Å². The standard InChI is InChI=1S/C8H9ClF2N2O/c9-1-4-2-13-7(8(10)11)6(12)5(4)3-14/h2,8,14H,1,3,12H2. The van der Waals surface area contributed by atoms with Gasteiger partial charge in [0.25, 0.3) is 6.43 Å². The van der Waals surface area contributed by atoms with Crippen LogP contribution in [-0.2, 0) is 12.5 Å². The number of nitrogens with two attached hydrogens (primary N) is 1. The highest BCUT2D eigenvalue weighted by Gasteiger charge is 2.17. The highest BCUT2D eigenvalue weighted by atomic mass is 35.5. The summed E-state index contributed by atoms with van der Waals surface area (Å²) in [5.41, 5.74) is 5.41. The van der Waals surface area contributed by atoms with Crippen molar-refractivity contribution in [1.82, 2.24) is 4.98 Å². The zero-order valence-electron chi connectivity index (χ0n) is 7.17. The van der Waals surface area contributed by atoms with Crippen LogP contribution in [0.25, 0.3) is 0 Å². The summed E-state index contributed by atoms with van der Waals surface area (Å²) in [5.74, 6) is 0.0800. The van der Waals surface area contributed by atoms with E-state index >= 15 is 0 Å². The zero-order chi connectivity index (χ0) is 10.7. The average Bonchev–Trinajstić information content (AvgIpc) is 2.16. The van der Waals surface area contributed by atoms with Gasteiger partial charge in [0.15, 0.2) is 0 Å². The number of aliphatic hydroxyl groups is 1. The Labute approximate surface area is 84.5 Å². The van der Waals surface area contributed by atoms with Crippen molar-refractivity contribution in [2.24, 2.45) is 0 Å². The van der Waals surface area contributed by atoms with E-state index in [4.69, 9.17) is 22.4 Å². The highest BCUT2D eigenvalue weighted by molar-refractivity contribution is 6.17. The molecule has 14 heavy (non-hydrogen) atoms. The van der Waals surface area contributed by atoms with Crippen LogP contribution in [0.3, 0.4) is 0 Å². The molecule has 1 heterocycles. The molecule has 0 atom stereocenters. The average molecular weight is 223 g/mol. The second kappa shape index (κ2) is 4.52. The molecule has 0 aromatic carbocycles. The van der Waals surface area contributed by atoms with Crippen molar-refractivity contribution in [3.8, 4) is 0 Å². The van der Waals surface area contributed by atoms with Crippen LogP contribution < -0.4 is 5.73 Å². The predicted molar refractivity (Wildman–Crippen MR) is 49.1 cm³/mol. The molecule has 0 saturated carbocycles. The lowest BCUT2D eigenvalue weighted by Gasteiger charge is -2.11. The Kier molecular flexibility index (Phi) is 3.60. The van der Waals surface area contributed by atoms with Gasteiger partial charge in [0.1, 0.15) is 5.69 Å². The van der Waals surface area contributed by atoms with E-state index in [1.165, 1.54) is 6.20 Å². The third-order valence-corrected chi connectivity index (χ3v) is 2.14. The van der Waals surface area contributed by atoms with Crippen LogP contribution in [0.1, 0.15) is 23.2 Å². The number of nitrogens with zero attached hydrogens (tertiary/aromatic N) is 1. The van der Waals surface area contributed by atoms with Gasteiger partial charge in [-0.15, -0.1) is 11.6 Å². The van der Waals surface area contributed by atoms with Gasteiger partial charge in [-0.2, -0.15) is 0 Å². The SMILES string of the molecule is Nc1c(C(F)F)ncc(CCl)c1CO. The van der Waals surface area contributed by atoms with Crippen LogP contribution in [0.5, 0.6) is 0 Å². The second-order valence-electron chi connectivity index (χ2n) is 2.65. The van der Waals surface area contributed by atoms with Crippen LogP contribution in [0, 0.1) is 0 Å². The van der Waals surface area contributed by atoms with E-state index in [1.807, 2.05) is 0 Å². The molecule has 6 heteroatoms. The Morgan fingerprint density at radius 3 is 2.64 bits per heavy atom. The van der Waals surface area contributed by atoms with Crippen molar-refractivity contribution in [3.05, 3.63) is 23.0 Å². The zero-order valence-corrected chi connectivity index (χ0v) is 7.93. The van der Waals surface area contributed by atoms with E-state index in [0.29, 0.717) is 5.56 Å². The van der Waals surface area contributed by atoms with Crippen LogP contribution in [-0.4, -0.2) is 10.1 Å². The molecular formula is C8H9ClF2N2O. The minimum atomic E-state index is -2.75. The largest absolute Gasteiger partial charge is 0.397 e. The number of anilines is 1. The fraction of sp³-hybridized carbons (Fsp3) is 0.375. The van der Waals surface area contributed by atoms with Gasteiger partial charge in [-0.05, 0) is 5.56 Å². The fourth-order valence-electron chi connectivity index (χ4n) is 1.10. The fourth-order valence-corrected chi connectivity index (χ4v) is 1.33. The van der Waals surface area contributed by atoms with Crippen molar-refractivity contribution >= 4 is 17.3 Å². The maximum absolute atomic E-state index is 12.3. The predicted octanol–water partition coefficient (Wildman–Crippen LogP) is 1.83. The van der Waals surface area contributed by atoms with Gasteiger partial charge in [-0.25, -0.2) is 8.78 Å². The summed E-state index contributed by atoms with van der Waals surface area (Å²) < 4.78 is 24.6. The summed E-state index contributed by atoms with van der Waals surface area (Å²) in [6.45, 7) is -0.421. The van der Waals surface area contributed by atoms with Crippen molar-refractivity contribution in [1.29, 1.82) is 0 Å². The smallest absolute Gasteiger partial charge is 0.282 e. The molecule has 0 saturated heterocycles. The number of alkyl halides is 3. The summed E-state index contributed by atoms with van der Waals surface area (Å²) in [7, 11) is 0. The Morgan fingerprint density at radius 2 is 2.21 bits per heavy atom. The molecule has 0 unspecified atom stereocenters. The first-order valence-electron chi connectivity index (χ1n) is 3.82. The van der Waals surface area contributed by atoms with Gasteiger partial charge in [-0.1, -0.05) is 0 Å². The van der Waals surface area contributed by atoms with Gasteiger partial charge >= 0.3 is 0 Å². The van der Waals surface area contributed by atoms with Crippen LogP contribution >= 0.6 is 11.6 Å². The quantitative estimate of drug-likeness (QED) is 0.768. The first kappa shape index (κ1) is 11.1. The molecule has 3 nitrogen and oxygen atoms in total. The maximum Gasteiger partial charge on any atom is 0.282 e. The molecule has 0 aliphatic rings. The number of aromatic nitrogens is 1. The van der Waals surface area contributed by atoms with Crippen molar-refractivity contribution < 1.29 is 13.9 Å². The molecule has 0 fully saturated rings. The van der Waals surface area contributed by atoms with E-state index in [1.54, 1.807) is 0 Å². The number of nitrogen functional groups attached to an aromatic ring is 1. The Morgan fingerprint density at radius 1 is 1.57 bits per heavy atom. The molecule has 0 radical (unpaired) electrons. The summed E-state index contributed by atoms with van der Waals surface area (Å²) in [5, 5.41) is 8.93. The molecule has 0 aliphatic carbocycles. The number of pyridine rings is 1. The monoisotopic (exact) mass is 222 g/mol. The van der Waals surface area contributed by atoms with Crippen LogP contribution in [0.2, 0.25) is 0 Å². The molecule has 0 bridgehead atoms. The number of aliphatic hydroxyl groups excluding tert-OH is 1. The van der Waals surface area contributed by atoms with Gasteiger partial charge in [-0.3, -0.25) is 4.98 Å². The summed E-state index contributed by atoms with van der Waals surface area (Å²) in [6.07, 6.45) is -1.54. The molecule has 1 aromatic heterocycles. The minimum Gasteiger partial charge on any atom is -0.397 e. The molecule has 78 valence electrons. The van der Waals surface area contributed by atoms with Crippen molar-refractivity contribution in [2.45, 2.75) is 18.9 Å². The highest BCUT2D eigenvalue weighted by Crippen LogP contribution is 2.28. The Bertz CT molecular complexity index is 333. The maximum atomic E-state index is 12.3. The van der Waals surface area contributed by atoms with E-state index < -0.39 is 18.7 Å². The van der Waals surface area contributed by atoms with Crippen molar-refractivity contribution in [2.75, 3.05) is 5.73 Å². The second-order valence-corrected chi connectivity index (χ2v) is 2.92. The van der Waals surface area contributed by atoms with Gasteiger partial charge in [0.05, 0.1) is 12.3 Å². The first-order chi connectivity index (χ1) is 6.61. The van der Waals surface area contributed by atoms with Crippen molar-refractivity contribution in [3.63, 3.8) is 0 Å². The van der Waals surface area contributed by atoms with Gasteiger partial charge in [0, 0.05) is 17.6 Å². The number of rotatable bonds is 3. The minimum absolute atomic E-state index is 0.0800. The first-order valence-corrected chi connectivity index (χ1v) is 4.36. The summed E-state index contributed by atoms with van der Waals surface area (Å²) in [6, 6.07) is 0. The Balaban J connectivity index is 3.27. The number of hydrogen-bond acceptors (Lipinski definition) is 3. The summed E-state index contributed by atoms with van der Waals surface area (Å²) >= 11 is 5.52. The third-order valence-electron chi connectivity index (χ3n) is 1.86.